The molecule has 21 heavy (non-hydrogen) atoms. The maximum atomic E-state index is 11.4. The average Bonchev–Trinajstić information content (AvgIpc) is 2.42. The summed E-state index contributed by atoms with van der Waals surface area (Å²) >= 11 is 0. The molecule has 1 aromatic rings. The van der Waals surface area contributed by atoms with Crippen LogP contribution in [0.5, 0.6) is 0 Å². The number of sulfonamides is 1. The first kappa shape index (κ1) is 16.9. The first-order valence-electron chi connectivity index (χ1n) is 6.06. The molecule has 4 N–H and O–H groups in total. The number of likely N-dealkylation sites (N-methyl/N-ethyl adjacent to an activating group) is 2. The van der Waals surface area contributed by atoms with E-state index in [2.05, 4.69) is 5.32 Å². The molecule has 0 fully saturated rings. The summed E-state index contributed by atoms with van der Waals surface area (Å²) < 4.78 is 22.6. The molecule has 0 atom stereocenters. The highest BCUT2D eigenvalue weighted by Gasteiger charge is 2.20. The van der Waals surface area contributed by atoms with Gasteiger partial charge in [-0.1, -0.05) is 0 Å². The van der Waals surface area contributed by atoms with Crippen LogP contribution in [0.15, 0.2) is 23.1 Å². The number of carboxylic acid groups (broad SMARTS) is 1. The van der Waals surface area contributed by atoms with Gasteiger partial charge in [-0.05, 0) is 25.1 Å². The van der Waals surface area contributed by atoms with Gasteiger partial charge in [-0.3, -0.25) is 4.79 Å². The SMILES string of the molecule is CCN(CC(=O)NC)c1ccc(S(N)(=O)=O)cc1C(=O)O. The zero-order valence-electron chi connectivity index (χ0n) is 11.7. The Morgan fingerprint density at radius 3 is 2.43 bits per heavy atom. The average molecular weight is 315 g/mol. The van der Waals surface area contributed by atoms with E-state index in [1.165, 1.54) is 24.1 Å². The zero-order chi connectivity index (χ0) is 16.2. The van der Waals surface area contributed by atoms with Gasteiger partial charge >= 0.3 is 5.97 Å². The molecular weight excluding hydrogens is 298 g/mol. The number of benzene rings is 1. The molecule has 9 heteroatoms. The molecule has 0 radical (unpaired) electrons. The molecule has 0 spiro atoms. The Morgan fingerprint density at radius 1 is 1.38 bits per heavy atom. The predicted octanol–water partition coefficient (Wildman–Crippen LogP) is -0.395. The summed E-state index contributed by atoms with van der Waals surface area (Å²) in [5, 5.41) is 16.7. The second-order valence-corrected chi connectivity index (χ2v) is 5.78. The van der Waals surface area contributed by atoms with E-state index < -0.39 is 16.0 Å². The fourth-order valence-corrected chi connectivity index (χ4v) is 2.30. The van der Waals surface area contributed by atoms with Crippen molar-refractivity contribution in [1.29, 1.82) is 0 Å². The fourth-order valence-electron chi connectivity index (χ4n) is 1.76. The number of primary sulfonamides is 1. The van der Waals surface area contributed by atoms with Crippen molar-refractivity contribution in [3.63, 3.8) is 0 Å². The predicted molar refractivity (Wildman–Crippen MR) is 76.7 cm³/mol. The second-order valence-electron chi connectivity index (χ2n) is 4.22. The van der Waals surface area contributed by atoms with Crippen LogP contribution in [-0.2, 0) is 14.8 Å². The van der Waals surface area contributed by atoms with Gasteiger partial charge in [-0.25, -0.2) is 18.4 Å². The minimum Gasteiger partial charge on any atom is -0.478 e. The van der Waals surface area contributed by atoms with Crippen LogP contribution in [0.3, 0.4) is 0 Å². The summed E-state index contributed by atoms with van der Waals surface area (Å²) in [6, 6.07) is 3.53. The number of hydrogen-bond donors (Lipinski definition) is 3. The highest BCUT2D eigenvalue weighted by molar-refractivity contribution is 7.89. The van der Waals surface area contributed by atoms with Crippen LogP contribution in [0.2, 0.25) is 0 Å². The Balaban J connectivity index is 3.34. The standard InChI is InChI=1S/C12H17N3O5S/c1-3-15(7-11(16)14-2)10-5-4-8(21(13,19)20)6-9(10)12(17)18/h4-6H,3,7H2,1-2H3,(H,14,16)(H,17,18)(H2,13,19,20). The Bertz CT molecular complexity index is 657. The summed E-state index contributed by atoms with van der Waals surface area (Å²) in [4.78, 5) is 24.0. The van der Waals surface area contributed by atoms with Crippen molar-refractivity contribution in [2.45, 2.75) is 11.8 Å². The van der Waals surface area contributed by atoms with Crippen LogP contribution in [0.25, 0.3) is 0 Å². The van der Waals surface area contributed by atoms with Crippen LogP contribution in [-0.4, -0.2) is 45.5 Å². The van der Waals surface area contributed by atoms with Gasteiger partial charge in [0, 0.05) is 13.6 Å². The van der Waals surface area contributed by atoms with Crippen molar-refractivity contribution < 1.29 is 23.1 Å². The van der Waals surface area contributed by atoms with Gasteiger partial charge < -0.3 is 15.3 Å². The summed E-state index contributed by atoms with van der Waals surface area (Å²) in [5.74, 6) is -1.59. The van der Waals surface area contributed by atoms with Crippen molar-refractivity contribution in [2.24, 2.45) is 5.14 Å². The lowest BCUT2D eigenvalue weighted by Crippen LogP contribution is -2.36. The monoisotopic (exact) mass is 315 g/mol. The molecule has 1 amide bonds. The van der Waals surface area contributed by atoms with Gasteiger partial charge in [0.1, 0.15) is 0 Å². The number of amides is 1. The quantitative estimate of drug-likeness (QED) is 0.655. The van der Waals surface area contributed by atoms with Crippen molar-refractivity contribution in [1.82, 2.24) is 5.32 Å². The lowest BCUT2D eigenvalue weighted by Gasteiger charge is -2.24. The van der Waals surface area contributed by atoms with Crippen molar-refractivity contribution >= 4 is 27.6 Å². The van der Waals surface area contributed by atoms with E-state index in [0.717, 1.165) is 6.07 Å². The van der Waals surface area contributed by atoms with Crippen LogP contribution >= 0.6 is 0 Å². The molecule has 0 aliphatic rings. The van der Waals surface area contributed by atoms with Gasteiger partial charge in [0.15, 0.2) is 0 Å². The molecule has 0 heterocycles. The topological polar surface area (TPSA) is 130 Å². The summed E-state index contributed by atoms with van der Waals surface area (Å²) in [6.45, 7) is 2.09. The molecule has 0 aliphatic carbocycles. The highest BCUT2D eigenvalue weighted by Crippen LogP contribution is 2.23. The van der Waals surface area contributed by atoms with Crippen molar-refractivity contribution in [3.8, 4) is 0 Å². The molecule has 0 saturated heterocycles. The molecule has 0 saturated carbocycles. The Morgan fingerprint density at radius 2 is 2.00 bits per heavy atom. The minimum absolute atomic E-state index is 0.0397. The van der Waals surface area contributed by atoms with E-state index in [9.17, 15) is 23.1 Å². The molecule has 0 bridgehead atoms. The molecule has 0 aromatic heterocycles. The summed E-state index contributed by atoms with van der Waals surface area (Å²) in [5.41, 5.74) is 0.0216. The minimum atomic E-state index is -4.00. The van der Waals surface area contributed by atoms with Gasteiger partial charge in [0.2, 0.25) is 15.9 Å². The van der Waals surface area contributed by atoms with E-state index in [-0.39, 0.29) is 28.6 Å². The number of nitrogens with zero attached hydrogens (tertiary/aromatic N) is 1. The van der Waals surface area contributed by atoms with Crippen LogP contribution in [0.1, 0.15) is 17.3 Å². The van der Waals surface area contributed by atoms with Gasteiger partial charge in [0.25, 0.3) is 0 Å². The largest absolute Gasteiger partial charge is 0.478 e. The third kappa shape index (κ3) is 4.17. The van der Waals surface area contributed by atoms with E-state index in [1.54, 1.807) is 6.92 Å². The summed E-state index contributed by atoms with van der Waals surface area (Å²) in [7, 11) is -2.53. The zero-order valence-corrected chi connectivity index (χ0v) is 12.5. The molecule has 116 valence electrons. The molecule has 8 nitrogen and oxygen atoms in total. The number of aromatic carboxylic acids is 1. The number of nitrogens with one attached hydrogen (secondary N) is 1. The van der Waals surface area contributed by atoms with Crippen LogP contribution in [0, 0.1) is 0 Å². The fraction of sp³-hybridized carbons (Fsp3) is 0.333. The van der Waals surface area contributed by atoms with E-state index in [4.69, 9.17) is 5.14 Å². The number of hydrogen-bond acceptors (Lipinski definition) is 5. The van der Waals surface area contributed by atoms with E-state index in [1.807, 2.05) is 0 Å². The number of rotatable bonds is 6. The number of carboxylic acids is 1. The molecule has 1 aromatic carbocycles. The van der Waals surface area contributed by atoms with E-state index >= 15 is 0 Å². The third-order valence-electron chi connectivity index (χ3n) is 2.86. The Kier molecular flexibility index (Phi) is 5.28. The van der Waals surface area contributed by atoms with Gasteiger partial charge in [-0.2, -0.15) is 0 Å². The third-order valence-corrected chi connectivity index (χ3v) is 3.77. The molecule has 1 rings (SSSR count). The maximum absolute atomic E-state index is 11.4. The molecule has 0 unspecified atom stereocenters. The Hall–Kier alpha value is -2.13. The van der Waals surface area contributed by atoms with Crippen LogP contribution < -0.4 is 15.4 Å². The second kappa shape index (κ2) is 6.55. The smallest absolute Gasteiger partial charge is 0.337 e. The number of nitrogens with two attached hydrogens (primary N) is 1. The van der Waals surface area contributed by atoms with E-state index in [0.29, 0.717) is 6.54 Å². The molecule has 0 aliphatic heterocycles. The van der Waals surface area contributed by atoms with Crippen LogP contribution in [0.4, 0.5) is 5.69 Å². The van der Waals surface area contributed by atoms with Gasteiger partial charge in [-0.15, -0.1) is 0 Å². The number of carbonyl (C=O) groups is 2. The first-order valence-corrected chi connectivity index (χ1v) is 7.61. The lowest BCUT2D eigenvalue weighted by atomic mass is 10.1. The van der Waals surface area contributed by atoms with Gasteiger partial charge in [0.05, 0.1) is 22.7 Å². The van der Waals surface area contributed by atoms with Crippen molar-refractivity contribution in [3.05, 3.63) is 23.8 Å². The first-order chi connectivity index (χ1) is 9.70. The number of anilines is 1. The number of carbonyl (C=O) groups excluding carboxylic acids is 1. The highest BCUT2D eigenvalue weighted by atomic mass is 32.2. The summed E-state index contributed by atoms with van der Waals surface area (Å²) in [6.07, 6.45) is 0. The normalized spacial score (nSPS) is 11.0. The Labute approximate surface area is 122 Å². The van der Waals surface area contributed by atoms with Crippen molar-refractivity contribution in [2.75, 3.05) is 25.0 Å². The maximum Gasteiger partial charge on any atom is 0.337 e. The molecular formula is C12H17N3O5S. The lowest BCUT2D eigenvalue weighted by molar-refractivity contribution is -0.119.